The van der Waals surface area contributed by atoms with E-state index in [9.17, 15) is 13.2 Å². The molecule has 0 heterocycles. The minimum absolute atomic E-state index is 0.110. The minimum Gasteiger partial charge on any atom is -0.322 e. The van der Waals surface area contributed by atoms with E-state index in [1.54, 1.807) is 42.5 Å². The zero-order valence-electron chi connectivity index (χ0n) is 13.8. The number of carbonyl (C=O) groups excluding carboxylic acids is 1. The van der Waals surface area contributed by atoms with Crippen molar-refractivity contribution in [3.05, 3.63) is 88.4 Å². The monoisotopic (exact) mass is 420 g/mol. The van der Waals surface area contributed by atoms with Gasteiger partial charge in [-0.25, -0.2) is 8.42 Å². The third-order valence-corrected chi connectivity index (χ3v) is 5.58. The minimum atomic E-state index is -3.77. The van der Waals surface area contributed by atoms with Crippen LogP contribution >= 0.6 is 23.2 Å². The van der Waals surface area contributed by atoms with Crippen LogP contribution in [0.1, 0.15) is 10.4 Å². The summed E-state index contributed by atoms with van der Waals surface area (Å²) in [6.07, 6.45) is 0. The van der Waals surface area contributed by atoms with Gasteiger partial charge in [-0.1, -0.05) is 41.4 Å². The maximum atomic E-state index is 12.4. The highest BCUT2D eigenvalue weighted by atomic mass is 35.5. The van der Waals surface area contributed by atoms with Crippen molar-refractivity contribution in [2.24, 2.45) is 0 Å². The first kappa shape index (κ1) is 19.2. The molecule has 0 saturated carbocycles. The van der Waals surface area contributed by atoms with Crippen molar-refractivity contribution in [2.45, 2.75) is 4.90 Å². The van der Waals surface area contributed by atoms with Gasteiger partial charge in [0.05, 0.1) is 15.6 Å². The lowest BCUT2D eigenvalue weighted by Crippen LogP contribution is -2.14. The predicted molar refractivity (Wildman–Crippen MR) is 108 cm³/mol. The molecule has 138 valence electrons. The Bertz CT molecular complexity index is 1070. The molecule has 3 rings (SSSR count). The molecular formula is C19H14Cl2N2O3S. The van der Waals surface area contributed by atoms with Gasteiger partial charge in [0.15, 0.2) is 0 Å². The summed E-state index contributed by atoms with van der Waals surface area (Å²) in [7, 11) is -3.77. The van der Waals surface area contributed by atoms with Crippen LogP contribution in [0.4, 0.5) is 11.4 Å². The smallest absolute Gasteiger partial charge is 0.261 e. The number of anilines is 2. The maximum Gasteiger partial charge on any atom is 0.261 e. The summed E-state index contributed by atoms with van der Waals surface area (Å²) in [5, 5.41) is 3.38. The van der Waals surface area contributed by atoms with Gasteiger partial charge in [-0.2, -0.15) is 0 Å². The average molecular weight is 421 g/mol. The zero-order chi connectivity index (χ0) is 19.4. The number of hydrogen-bond acceptors (Lipinski definition) is 3. The molecule has 1 amide bonds. The molecular weight excluding hydrogens is 407 g/mol. The SMILES string of the molecule is O=C(Nc1ccc(Cl)cc1)c1ccc(NS(=O)(=O)c2ccccc2)c(Cl)c1. The molecule has 0 unspecified atom stereocenters. The Hall–Kier alpha value is -2.54. The average Bonchev–Trinajstić information content (AvgIpc) is 2.66. The molecule has 0 aliphatic carbocycles. The number of rotatable bonds is 5. The molecule has 2 N–H and O–H groups in total. The molecule has 3 aromatic carbocycles. The molecule has 5 nitrogen and oxygen atoms in total. The highest BCUT2D eigenvalue weighted by Crippen LogP contribution is 2.26. The highest BCUT2D eigenvalue weighted by molar-refractivity contribution is 7.92. The van der Waals surface area contributed by atoms with Crippen LogP contribution in [0.25, 0.3) is 0 Å². The molecule has 0 bridgehead atoms. The number of nitrogens with one attached hydrogen (secondary N) is 2. The quantitative estimate of drug-likeness (QED) is 0.606. The lowest BCUT2D eigenvalue weighted by Gasteiger charge is -2.11. The Morgan fingerprint density at radius 3 is 2.15 bits per heavy atom. The van der Waals surface area contributed by atoms with Crippen LogP contribution in [0.2, 0.25) is 10.0 Å². The number of hydrogen-bond donors (Lipinski definition) is 2. The summed E-state index contributed by atoms with van der Waals surface area (Å²) in [6, 6.07) is 18.9. The van der Waals surface area contributed by atoms with Crippen molar-refractivity contribution < 1.29 is 13.2 Å². The predicted octanol–water partition coefficient (Wildman–Crippen LogP) is 5.05. The van der Waals surface area contributed by atoms with Crippen LogP contribution in [0.15, 0.2) is 77.7 Å². The molecule has 0 aliphatic heterocycles. The molecule has 0 aromatic heterocycles. The van der Waals surface area contributed by atoms with Gasteiger partial charge < -0.3 is 5.32 Å². The molecule has 0 radical (unpaired) electrons. The van der Waals surface area contributed by atoms with Crippen molar-refractivity contribution >= 4 is 50.5 Å². The van der Waals surface area contributed by atoms with Gasteiger partial charge in [-0.05, 0) is 54.6 Å². The van der Waals surface area contributed by atoms with Gasteiger partial charge in [0.25, 0.3) is 15.9 Å². The number of carbonyl (C=O) groups is 1. The number of amides is 1. The summed E-state index contributed by atoms with van der Waals surface area (Å²) in [5.74, 6) is -0.378. The standard InChI is InChI=1S/C19H14Cl2N2O3S/c20-14-7-9-15(10-8-14)22-19(24)13-6-11-18(17(21)12-13)23-27(25,26)16-4-2-1-3-5-16/h1-12,23H,(H,22,24). The first-order valence-electron chi connectivity index (χ1n) is 7.79. The fraction of sp³-hybridized carbons (Fsp3) is 0. The third-order valence-electron chi connectivity index (χ3n) is 3.63. The van der Waals surface area contributed by atoms with Crippen LogP contribution < -0.4 is 10.0 Å². The first-order chi connectivity index (χ1) is 12.8. The molecule has 0 spiro atoms. The highest BCUT2D eigenvalue weighted by Gasteiger charge is 2.16. The summed E-state index contributed by atoms with van der Waals surface area (Å²) < 4.78 is 27.2. The van der Waals surface area contributed by atoms with E-state index in [1.807, 2.05) is 0 Å². The second-order valence-corrected chi connectivity index (χ2v) is 8.10. The Balaban J connectivity index is 1.77. The number of benzene rings is 3. The van der Waals surface area contributed by atoms with Crippen LogP contribution in [0, 0.1) is 0 Å². The second kappa shape index (κ2) is 8.00. The van der Waals surface area contributed by atoms with Crippen molar-refractivity contribution in [3.63, 3.8) is 0 Å². The van der Waals surface area contributed by atoms with E-state index in [2.05, 4.69) is 10.0 Å². The molecule has 3 aromatic rings. The fourth-order valence-electron chi connectivity index (χ4n) is 2.28. The molecule has 0 atom stereocenters. The van der Waals surface area contributed by atoms with Gasteiger partial charge in [-0.15, -0.1) is 0 Å². The Kier molecular flexibility index (Phi) is 5.70. The maximum absolute atomic E-state index is 12.4. The van der Waals surface area contributed by atoms with E-state index in [1.165, 1.54) is 30.3 Å². The van der Waals surface area contributed by atoms with Gasteiger partial charge in [-0.3, -0.25) is 9.52 Å². The molecule has 8 heteroatoms. The van der Waals surface area contributed by atoms with Crippen molar-refractivity contribution in [1.29, 1.82) is 0 Å². The van der Waals surface area contributed by atoms with Gasteiger partial charge in [0.1, 0.15) is 0 Å². The first-order valence-corrected chi connectivity index (χ1v) is 10.0. The normalized spacial score (nSPS) is 11.0. The fourth-order valence-corrected chi connectivity index (χ4v) is 3.79. The van der Waals surface area contributed by atoms with Crippen LogP contribution in [0.5, 0.6) is 0 Å². The van der Waals surface area contributed by atoms with E-state index >= 15 is 0 Å². The summed E-state index contributed by atoms with van der Waals surface area (Å²) in [5.41, 5.74) is 1.05. The van der Waals surface area contributed by atoms with E-state index in [0.29, 0.717) is 10.7 Å². The van der Waals surface area contributed by atoms with Gasteiger partial charge in [0.2, 0.25) is 0 Å². The van der Waals surface area contributed by atoms with Crippen LogP contribution in [0.3, 0.4) is 0 Å². The lowest BCUT2D eigenvalue weighted by atomic mass is 10.2. The number of sulfonamides is 1. The third kappa shape index (κ3) is 4.80. The zero-order valence-corrected chi connectivity index (χ0v) is 16.1. The molecule has 0 aliphatic rings. The van der Waals surface area contributed by atoms with E-state index in [4.69, 9.17) is 23.2 Å². The Labute approximate surface area is 167 Å². The summed E-state index contributed by atoms with van der Waals surface area (Å²) in [6.45, 7) is 0. The molecule has 0 fully saturated rings. The summed E-state index contributed by atoms with van der Waals surface area (Å²) in [4.78, 5) is 12.4. The number of halogens is 2. The molecule has 0 saturated heterocycles. The summed E-state index contributed by atoms with van der Waals surface area (Å²) >= 11 is 12.0. The van der Waals surface area contributed by atoms with Crippen molar-refractivity contribution in [2.75, 3.05) is 10.0 Å². The van der Waals surface area contributed by atoms with Crippen LogP contribution in [-0.2, 0) is 10.0 Å². The van der Waals surface area contributed by atoms with Crippen molar-refractivity contribution in [3.8, 4) is 0 Å². The lowest BCUT2D eigenvalue weighted by molar-refractivity contribution is 0.102. The largest absolute Gasteiger partial charge is 0.322 e. The Morgan fingerprint density at radius 1 is 0.852 bits per heavy atom. The van der Waals surface area contributed by atoms with Gasteiger partial charge in [0, 0.05) is 16.3 Å². The van der Waals surface area contributed by atoms with Gasteiger partial charge >= 0.3 is 0 Å². The van der Waals surface area contributed by atoms with Crippen molar-refractivity contribution in [1.82, 2.24) is 0 Å². The second-order valence-electron chi connectivity index (χ2n) is 5.57. The van der Waals surface area contributed by atoms with E-state index in [0.717, 1.165) is 0 Å². The topological polar surface area (TPSA) is 75.3 Å². The molecule has 27 heavy (non-hydrogen) atoms. The van der Waals surface area contributed by atoms with Crippen LogP contribution in [-0.4, -0.2) is 14.3 Å². The van der Waals surface area contributed by atoms with E-state index in [-0.39, 0.29) is 27.1 Å². The van der Waals surface area contributed by atoms with E-state index < -0.39 is 10.0 Å². The Morgan fingerprint density at radius 2 is 1.52 bits per heavy atom.